The summed E-state index contributed by atoms with van der Waals surface area (Å²) in [5.41, 5.74) is 0. The van der Waals surface area contributed by atoms with Gasteiger partial charge in [-0.3, -0.25) is 4.79 Å². The fourth-order valence-corrected chi connectivity index (χ4v) is 4.73. The van der Waals surface area contributed by atoms with Crippen molar-refractivity contribution >= 4 is 39.7 Å². The van der Waals surface area contributed by atoms with Crippen molar-refractivity contribution < 1.29 is 13.2 Å². The Hall–Kier alpha value is -0.530. The number of hydrogen-bond donors (Lipinski definition) is 2. The first-order valence-corrected chi connectivity index (χ1v) is 8.37. The normalized spacial score (nSPS) is 22.5. The molecule has 0 bridgehead atoms. The Morgan fingerprint density at radius 2 is 2.35 bits per heavy atom. The molecule has 2 rings (SSSR count). The highest BCUT2D eigenvalue weighted by atomic mass is 32.2. The van der Waals surface area contributed by atoms with Gasteiger partial charge in [0.15, 0.2) is 9.84 Å². The predicted octanol–water partition coefficient (Wildman–Crippen LogP) is 1.20. The summed E-state index contributed by atoms with van der Waals surface area (Å²) in [4.78, 5) is 13.1. The van der Waals surface area contributed by atoms with E-state index in [1.54, 1.807) is 11.4 Å². The molecule has 0 aliphatic carbocycles. The van der Waals surface area contributed by atoms with Crippen LogP contribution in [0.3, 0.4) is 0 Å². The van der Waals surface area contributed by atoms with Crippen LogP contribution in [0.2, 0.25) is 0 Å². The second-order valence-corrected chi connectivity index (χ2v) is 7.80. The third kappa shape index (κ3) is 3.46. The van der Waals surface area contributed by atoms with Crippen LogP contribution in [0.1, 0.15) is 16.1 Å². The van der Waals surface area contributed by atoms with Crippen molar-refractivity contribution in [2.45, 2.75) is 11.3 Å². The maximum atomic E-state index is 11.7. The average molecular weight is 291 g/mol. The second kappa shape index (κ2) is 4.99. The van der Waals surface area contributed by atoms with Crippen LogP contribution >= 0.6 is 24.0 Å². The van der Waals surface area contributed by atoms with Gasteiger partial charge in [-0.2, -0.15) is 0 Å². The monoisotopic (exact) mass is 291 g/mol. The van der Waals surface area contributed by atoms with Crippen LogP contribution in [0.15, 0.2) is 16.3 Å². The van der Waals surface area contributed by atoms with Crippen LogP contribution in [0.5, 0.6) is 0 Å². The highest BCUT2D eigenvalue weighted by Crippen LogP contribution is 2.19. The van der Waals surface area contributed by atoms with Gasteiger partial charge < -0.3 is 5.32 Å². The molecule has 2 heterocycles. The topological polar surface area (TPSA) is 63.2 Å². The van der Waals surface area contributed by atoms with Gasteiger partial charge in [-0.1, -0.05) is 0 Å². The standard InChI is InChI=1S/C10H13NO3S3/c12-10(9-3-8(15)5-16-9)11-4-7-1-2-17(13,14)6-7/h3,5,7,15H,1-2,4,6H2,(H,11,12). The summed E-state index contributed by atoms with van der Waals surface area (Å²) >= 11 is 5.46. The van der Waals surface area contributed by atoms with Gasteiger partial charge in [0.25, 0.3) is 5.91 Å². The molecule has 17 heavy (non-hydrogen) atoms. The number of thiol groups is 1. The molecule has 1 saturated heterocycles. The number of nitrogens with one attached hydrogen (secondary N) is 1. The van der Waals surface area contributed by atoms with E-state index in [0.717, 1.165) is 4.90 Å². The van der Waals surface area contributed by atoms with E-state index in [4.69, 9.17) is 0 Å². The molecule has 0 radical (unpaired) electrons. The summed E-state index contributed by atoms with van der Waals surface area (Å²) in [6.45, 7) is 0.428. The zero-order chi connectivity index (χ0) is 12.5. The fraction of sp³-hybridized carbons (Fsp3) is 0.500. The number of amides is 1. The summed E-state index contributed by atoms with van der Waals surface area (Å²) in [5, 5.41) is 4.55. The van der Waals surface area contributed by atoms with E-state index in [2.05, 4.69) is 17.9 Å². The Bertz CT molecular complexity index is 521. The van der Waals surface area contributed by atoms with Gasteiger partial charge >= 0.3 is 0 Å². The van der Waals surface area contributed by atoms with E-state index < -0.39 is 9.84 Å². The van der Waals surface area contributed by atoms with Gasteiger partial charge in [-0.05, 0) is 18.4 Å². The lowest BCUT2D eigenvalue weighted by atomic mass is 10.1. The van der Waals surface area contributed by atoms with Gasteiger partial charge in [0.1, 0.15) is 0 Å². The lowest BCUT2D eigenvalue weighted by Gasteiger charge is -2.08. The first-order valence-electron chi connectivity index (χ1n) is 5.22. The molecule has 0 aromatic carbocycles. The van der Waals surface area contributed by atoms with Crippen molar-refractivity contribution in [2.24, 2.45) is 5.92 Å². The summed E-state index contributed by atoms with van der Waals surface area (Å²) < 4.78 is 22.5. The van der Waals surface area contributed by atoms with Crippen molar-refractivity contribution in [3.8, 4) is 0 Å². The van der Waals surface area contributed by atoms with E-state index in [1.165, 1.54) is 11.3 Å². The van der Waals surface area contributed by atoms with Crippen molar-refractivity contribution in [1.82, 2.24) is 5.32 Å². The smallest absolute Gasteiger partial charge is 0.261 e. The van der Waals surface area contributed by atoms with Gasteiger partial charge in [-0.15, -0.1) is 24.0 Å². The molecule has 1 atom stereocenters. The highest BCUT2D eigenvalue weighted by molar-refractivity contribution is 7.91. The summed E-state index contributed by atoms with van der Waals surface area (Å²) in [6, 6.07) is 1.70. The van der Waals surface area contributed by atoms with Crippen molar-refractivity contribution in [3.63, 3.8) is 0 Å². The first-order chi connectivity index (χ1) is 7.96. The SMILES string of the molecule is O=C(NCC1CCS(=O)(=O)C1)c1cc(S)cs1. The van der Waals surface area contributed by atoms with E-state index in [1.807, 2.05) is 0 Å². The van der Waals surface area contributed by atoms with Crippen LogP contribution in [0, 0.1) is 5.92 Å². The molecule has 1 N–H and O–H groups in total. The third-order valence-electron chi connectivity index (χ3n) is 2.69. The van der Waals surface area contributed by atoms with Crippen molar-refractivity contribution in [1.29, 1.82) is 0 Å². The molecular formula is C10H13NO3S3. The molecule has 1 fully saturated rings. The van der Waals surface area contributed by atoms with Crippen molar-refractivity contribution in [3.05, 3.63) is 16.3 Å². The largest absolute Gasteiger partial charge is 0.351 e. The van der Waals surface area contributed by atoms with E-state index in [-0.39, 0.29) is 23.3 Å². The van der Waals surface area contributed by atoms with Crippen LogP contribution in [-0.4, -0.2) is 32.4 Å². The second-order valence-electron chi connectivity index (χ2n) is 4.15. The minimum Gasteiger partial charge on any atom is -0.351 e. The molecule has 0 spiro atoms. The Balaban J connectivity index is 1.85. The highest BCUT2D eigenvalue weighted by Gasteiger charge is 2.28. The molecule has 4 nitrogen and oxygen atoms in total. The summed E-state index contributed by atoms with van der Waals surface area (Å²) in [5.74, 6) is 0.335. The lowest BCUT2D eigenvalue weighted by Crippen LogP contribution is -2.29. The number of carbonyl (C=O) groups excluding carboxylic acids is 1. The van der Waals surface area contributed by atoms with Gasteiger partial charge in [0.05, 0.1) is 16.4 Å². The first kappa shape index (κ1) is 12.9. The molecule has 94 valence electrons. The quantitative estimate of drug-likeness (QED) is 0.823. The van der Waals surface area contributed by atoms with Gasteiger partial charge in [0, 0.05) is 16.8 Å². The Kier molecular flexibility index (Phi) is 3.79. The summed E-state index contributed by atoms with van der Waals surface area (Å²) in [7, 11) is -2.86. The zero-order valence-corrected chi connectivity index (χ0v) is 11.6. The van der Waals surface area contributed by atoms with E-state index >= 15 is 0 Å². The molecule has 1 aromatic rings. The molecule has 1 aliphatic heterocycles. The Labute approximate surface area is 110 Å². The van der Waals surface area contributed by atoms with Crippen LogP contribution < -0.4 is 5.32 Å². The van der Waals surface area contributed by atoms with E-state index in [9.17, 15) is 13.2 Å². The summed E-state index contributed by atoms with van der Waals surface area (Å²) in [6.07, 6.45) is 0.644. The minimum atomic E-state index is -2.86. The van der Waals surface area contributed by atoms with E-state index in [0.29, 0.717) is 17.8 Å². The Morgan fingerprint density at radius 3 is 2.88 bits per heavy atom. The fourth-order valence-electron chi connectivity index (χ4n) is 1.80. The van der Waals surface area contributed by atoms with Crippen LogP contribution in [-0.2, 0) is 9.84 Å². The van der Waals surface area contributed by atoms with Crippen molar-refractivity contribution in [2.75, 3.05) is 18.1 Å². The maximum absolute atomic E-state index is 11.7. The van der Waals surface area contributed by atoms with Crippen LogP contribution in [0.4, 0.5) is 0 Å². The third-order valence-corrected chi connectivity index (χ3v) is 5.89. The molecule has 0 saturated carbocycles. The molecule has 1 aromatic heterocycles. The number of hydrogen-bond acceptors (Lipinski definition) is 5. The molecule has 7 heteroatoms. The maximum Gasteiger partial charge on any atom is 0.261 e. The number of carbonyl (C=O) groups is 1. The number of rotatable bonds is 3. The predicted molar refractivity (Wildman–Crippen MR) is 70.7 cm³/mol. The molecule has 1 aliphatic rings. The molecule has 1 unspecified atom stereocenters. The zero-order valence-electron chi connectivity index (χ0n) is 9.05. The van der Waals surface area contributed by atoms with Crippen LogP contribution in [0.25, 0.3) is 0 Å². The van der Waals surface area contributed by atoms with Gasteiger partial charge in [0.2, 0.25) is 0 Å². The van der Waals surface area contributed by atoms with Gasteiger partial charge in [-0.25, -0.2) is 8.42 Å². The molecule has 1 amide bonds. The molecular weight excluding hydrogens is 278 g/mol. The minimum absolute atomic E-state index is 0.0550. The number of sulfone groups is 1. The number of thiophene rings is 1. The Morgan fingerprint density at radius 1 is 1.59 bits per heavy atom. The lowest BCUT2D eigenvalue weighted by molar-refractivity contribution is 0.0952. The average Bonchev–Trinajstić information content (AvgIpc) is 2.81.